The van der Waals surface area contributed by atoms with Gasteiger partial charge in [-0.1, -0.05) is 0 Å². The maximum atomic E-state index is 10.6. The van der Waals surface area contributed by atoms with Gasteiger partial charge in [0, 0.05) is 0 Å². The molecule has 0 rings (SSSR count). The molecule has 5 heteroatoms. The lowest BCUT2D eigenvalue weighted by molar-refractivity contribution is -0.906. The van der Waals surface area contributed by atoms with Gasteiger partial charge in [0.15, 0.2) is 0 Å². The van der Waals surface area contributed by atoms with Gasteiger partial charge in [0.05, 0.1) is 39.5 Å². The van der Waals surface area contributed by atoms with Crippen molar-refractivity contribution in [2.75, 3.05) is 26.7 Å². The summed E-state index contributed by atoms with van der Waals surface area (Å²) in [5.41, 5.74) is 10.1. The first kappa shape index (κ1) is 12.9. The van der Waals surface area contributed by atoms with Crippen LogP contribution in [0.25, 0.3) is 0 Å². The normalized spacial score (nSPS) is 11.3. The Labute approximate surface area is 84.6 Å². The zero-order valence-electron chi connectivity index (χ0n) is 8.95. The summed E-state index contributed by atoms with van der Waals surface area (Å²) in [4.78, 5) is 21.2. The average Bonchev–Trinajstić information content (AvgIpc) is 2.11. The SMILES string of the molecule is CC[N+](C)(CCC(N)=O)CCC(N)=O. The predicted octanol–water partition coefficient (Wildman–Crippen LogP) is -0.796. The standard InChI is InChI=1S/C9H19N3O2/c1-3-12(2,6-4-8(10)13)7-5-9(11)14/h3-7H2,1-2H3,(H3-,10,11,13,14)/p+1. The lowest BCUT2D eigenvalue weighted by atomic mass is 10.2. The van der Waals surface area contributed by atoms with E-state index in [9.17, 15) is 9.59 Å². The number of amides is 2. The van der Waals surface area contributed by atoms with E-state index in [0.29, 0.717) is 30.4 Å². The Morgan fingerprint density at radius 3 is 1.64 bits per heavy atom. The van der Waals surface area contributed by atoms with Crippen LogP contribution in [-0.2, 0) is 9.59 Å². The molecule has 0 aromatic rings. The summed E-state index contributed by atoms with van der Waals surface area (Å²) in [5.74, 6) is -0.608. The molecule has 4 N–H and O–H groups in total. The fourth-order valence-corrected chi connectivity index (χ4v) is 1.19. The Morgan fingerprint density at radius 1 is 1.07 bits per heavy atom. The number of carbonyl (C=O) groups excluding carboxylic acids is 2. The van der Waals surface area contributed by atoms with Gasteiger partial charge in [0.2, 0.25) is 11.8 Å². The summed E-state index contributed by atoms with van der Waals surface area (Å²) >= 11 is 0. The Morgan fingerprint density at radius 2 is 1.43 bits per heavy atom. The van der Waals surface area contributed by atoms with Crippen molar-refractivity contribution in [3.63, 3.8) is 0 Å². The van der Waals surface area contributed by atoms with Crippen molar-refractivity contribution < 1.29 is 14.1 Å². The molecule has 0 aliphatic carbocycles. The third-order valence-electron chi connectivity index (χ3n) is 2.56. The Balaban J connectivity index is 4.03. The van der Waals surface area contributed by atoms with Crippen molar-refractivity contribution >= 4 is 11.8 Å². The van der Waals surface area contributed by atoms with Crippen LogP contribution in [0.2, 0.25) is 0 Å². The van der Waals surface area contributed by atoms with Gasteiger partial charge in [-0.3, -0.25) is 9.59 Å². The predicted molar refractivity (Wildman–Crippen MR) is 54.1 cm³/mol. The van der Waals surface area contributed by atoms with E-state index in [1.165, 1.54) is 0 Å². The maximum Gasteiger partial charge on any atom is 0.223 e. The first-order valence-corrected chi connectivity index (χ1v) is 4.80. The number of hydrogen-bond acceptors (Lipinski definition) is 2. The van der Waals surface area contributed by atoms with E-state index in [1.54, 1.807) is 0 Å². The van der Waals surface area contributed by atoms with Gasteiger partial charge in [-0.2, -0.15) is 0 Å². The first-order chi connectivity index (χ1) is 6.39. The second-order valence-electron chi connectivity index (χ2n) is 3.82. The van der Waals surface area contributed by atoms with Gasteiger partial charge >= 0.3 is 0 Å². The van der Waals surface area contributed by atoms with E-state index < -0.39 is 0 Å². The first-order valence-electron chi connectivity index (χ1n) is 4.80. The highest BCUT2D eigenvalue weighted by Gasteiger charge is 2.20. The zero-order valence-corrected chi connectivity index (χ0v) is 8.95. The third-order valence-corrected chi connectivity index (χ3v) is 2.56. The lowest BCUT2D eigenvalue weighted by Crippen LogP contribution is -2.47. The molecule has 0 bridgehead atoms. The Bertz CT molecular complexity index is 198. The van der Waals surface area contributed by atoms with Crippen LogP contribution in [0.4, 0.5) is 0 Å². The van der Waals surface area contributed by atoms with Crippen molar-refractivity contribution in [1.29, 1.82) is 0 Å². The minimum absolute atomic E-state index is 0.304. The lowest BCUT2D eigenvalue weighted by Gasteiger charge is -2.32. The maximum absolute atomic E-state index is 10.6. The van der Waals surface area contributed by atoms with Crippen molar-refractivity contribution in [2.24, 2.45) is 11.5 Å². The van der Waals surface area contributed by atoms with E-state index in [4.69, 9.17) is 11.5 Å². The largest absolute Gasteiger partial charge is 0.369 e. The molecule has 0 aliphatic rings. The molecule has 14 heavy (non-hydrogen) atoms. The summed E-state index contributed by atoms with van der Waals surface area (Å²) < 4.78 is 0.659. The van der Waals surface area contributed by atoms with Crippen LogP contribution < -0.4 is 11.5 Å². The number of nitrogens with zero attached hydrogens (tertiary/aromatic N) is 1. The number of carbonyl (C=O) groups is 2. The number of hydrogen-bond donors (Lipinski definition) is 2. The molecule has 0 saturated carbocycles. The van der Waals surface area contributed by atoms with Gasteiger partial charge in [-0.05, 0) is 6.92 Å². The summed E-state index contributed by atoms with van der Waals surface area (Å²) in [6, 6.07) is 0. The molecule has 82 valence electrons. The molecule has 0 aromatic heterocycles. The molecule has 0 radical (unpaired) electrons. The summed E-state index contributed by atoms with van der Waals surface area (Å²) in [6.07, 6.45) is 0.701. The topological polar surface area (TPSA) is 86.2 Å². The van der Waals surface area contributed by atoms with Crippen molar-refractivity contribution in [1.82, 2.24) is 0 Å². The van der Waals surface area contributed by atoms with Gasteiger partial charge in [-0.15, -0.1) is 0 Å². The van der Waals surface area contributed by atoms with Crippen molar-refractivity contribution in [2.45, 2.75) is 19.8 Å². The van der Waals surface area contributed by atoms with E-state index in [2.05, 4.69) is 0 Å². The molecule has 5 nitrogen and oxygen atoms in total. The summed E-state index contributed by atoms with van der Waals surface area (Å²) in [6.45, 7) is 4.21. The molecular formula is C9H20N3O2+. The minimum Gasteiger partial charge on any atom is -0.369 e. The molecule has 0 saturated heterocycles. The molecular weight excluding hydrogens is 182 g/mol. The second kappa shape index (κ2) is 5.59. The molecule has 0 unspecified atom stereocenters. The van der Waals surface area contributed by atoms with Crippen LogP contribution in [0.5, 0.6) is 0 Å². The fraction of sp³-hybridized carbons (Fsp3) is 0.778. The molecule has 0 heterocycles. The molecule has 0 aliphatic heterocycles. The number of primary amides is 2. The highest BCUT2D eigenvalue weighted by Crippen LogP contribution is 2.04. The monoisotopic (exact) mass is 202 g/mol. The Kier molecular flexibility index (Phi) is 5.15. The van der Waals surface area contributed by atoms with Crippen LogP contribution in [-0.4, -0.2) is 43.0 Å². The van der Waals surface area contributed by atoms with Gasteiger partial charge in [-0.25, -0.2) is 0 Å². The number of quaternary nitrogens is 1. The number of rotatable bonds is 7. The highest BCUT2D eigenvalue weighted by molar-refractivity contribution is 5.74. The quantitative estimate of drug-likeness (QED) is 0.530. The van der Waals surface area contributed by atoms with Crippen molar-refractivity contribution in [3.8, 4) is 0 Å². The molecule has 0 fully saturated rings. The average molecular weight is 202 g/mol. The third kappa shape index (κ3) is 5.53. The summed E-state index contributed by atoms with van der Waals surface area (Å²) in [7, 11) is 1.99. The minimum atomic E-state index is -0.304. The van der Waals surface area contributed by atoms with Gasteiger partial charge in [0.25, 0.3) is 0 Å². The van der Waals surface area contributed by atoms with E-state index in [1.807, 2.05) is 14.0 Å². The van der Waals surface area contributed by atoms with Gasteiger partial charge in [0.1, 0.15) is 0 Å². The fourth-order valence-electron chi connectivity index (χ4n) is 1.19. The van der Waals surface area contributed by atoms with Crippen LogP contribution in [0, 0.1) is 0 Å². The second-order valence-corrected chi connectivity index (χ2v) is 3.82. The molecule has 0 spiro atoms. The number of nitrogens with two attached hydrogens (primary N) is 2. The van der Waals surface area contributed by atoms with E-state index in [-0.39, 0.29) is 11.8 Å². The Hall–Kier alpha value is -1.10. The molecule has 0 atom stereocenters. The van der Waals surface area contributed by atoms with Crippen LogP contribution in [0.15, 0.2) is 0 Å². The van der Waals surface area contributed by atoms with Crippen molar-refractivity contribution in [3.05, 3.63) is 0 Å². The molecule has 0 aromatic carbocycles. The van der Waals surface area contributed by atoms with E-state index in [0.717, 1.165) is 6.54 Å². The highest BCUT2D eigenvalue weighted by atomic mass is 16.1. The molecule has 2 amide bonds. The van der Waals surface area contributed by atoms with Crippen LogP contribution in [0.3, 0.4) is 0 Å². The zero-order chi connectivity index (χ0) is 11.2. The van der Waals surface area contributed by atoms with Crippen LogP contribution >= 0.6 is 0 Å². The summed E-state index contributed by atoms with van der Waals surface area (Å²) in [5, 5.41) is 0. The van der Waals surface area contributed by atoms with Crippen LogP contribution in [0.1, 0.15) is 19.8 Å². The smallest absolute Gasteiger partial charge is 0.223 e. The van der Waals surface area contributed by atoms with E-state index >= 15 is 0 Å². The van der Waals surface area contributed by atoms with Gasteiger partial charge < -0.3 is 16.0 Å².